The lowest BCUT2D eigenvalue weighted by molar-refractivity contribution is 0.669. The molecule has 6 heteroatoms. The second kappa shape index (κ2) is 11.5. The van der Waals surface area contributed by atoms with Gasteiger partial charge in [0.15, 0.2) is 11.6 Å². The number of furan rings is 1. The Morgan fingerprint density at radius 2 is 1.08 bits per heavy atom. The fourth-order valence-corrected chi connectivity index (χ4v) is 7.32. The summed E-state index contributed by atoms with van der Waals surface area (Å²) in [5, 5.41) is 4.19. The van der Waals surface area contributed by atoms with Crippen molar-refractivity contribution in [3.8, 4) is 45.3 Å². The number of hydrogen-bond acceptors (Lipinski definition) is 4. The van der Waals surface area contributed by atoms with Crippen molar-refractivity contribution in [1.82, 2.24) is 19.1 Å². The normalized spacial score (nSPS) is 11.6. The van der Waals surface area contributed by atoms with Gasteiger partial charge in [0.1, 0.15) is 11.2 Å². The van der Waals surface area contributed by atoms with Crippen molar-refractivity contribution in [2.75, 3.05) is 0 Å². The summed E-state index contributed by atoms with van der Waals surface area (Å²) < 4.78 is 10.3. The predicted molar refractivity (Wildman–Crippen MR) is 206 cm³/mol. The Balaban J connectivity index is 1.16. The smallest absolute Gasteiger partial charge is 0.355 e. The van der Waals surface area contributed by atoms with E-state index in [-0.39, 0.29) is 0 Å². The molecule has 0 bridgehead atoms. The summed E-state index contributed by atoms with van der Waals surface area (Å²) in [7, 11) is 0. The molecule has 0 saturated heterocycles. The summed E-state index contributed by atoms with van der Waals surface area (Å²) in [4.78, 5) is 23.5. The van der Waals surface area contributed by atoms with Crippen molar-refractivity contribution in [1.29, 1.82) is 0 Å². The Hall–Kier alpha value is -7.05. The summed E-state index contributed by atoms with van der Waals surface area (Å²) in [6.07, 6.45) is 0. The topological polar surface area (TPSA) is 65.8 Å². The number of benzene rings is 7. The Bertz CT molecular complexity index is 2980. The third-order valence-corrected chi connectivity index (χ3v) is 9.62. The molecule has 7 aromatic carbocycles. The number of aromatic nitrogens is 4. The molecule has 6 nitrogen and oxygen atoms in total. The summed E-state index contributed by atoms with van der Waals surface area (Å²) in [6, 6.07) is 57.1. The van der Waals surface area contributed by atoms with Crippen LogP contribution in [0, 0.1) is 0 Å². The lowest BCUT2D eigenvalue weighted by atomic mass is 9.99. The summed E-state index contributed by atoms with van der Waals surface area (Å²) in [5.74, 6) is 0.866. The molecule has 0 unspecified atom stereocenters. The van der Waals surface area contributed by atoms with Crippen molar-refractivity contribution >= 4 is 43.7 Å². The van der Waals surface area contributed by atoms with Crippen LogP contribution in [0.2, 0.25) is 0 Å². The fraction of sp³-hybridized carbons (Fsp3) is 0. The third-order valence-electron chi connectivity index (χ3n) is 9.62. The van der Waals surface area contributed by atoms with Crippen LogP contribution in [0.1, 0.15) is 0 Å². The molecule has 0 aliphatic heterocycles. The lowest BCUT2D eigenvalue weighted by Gasteiger charge is -2.13. The van der Waals surface area contributed by atoms with Crippen LogP contribution in [0.4, 0.5) is 0 Å². The molecule has 0 saturated carbocycles. The van der Waals surface area contributed by atoms with E-state index < -0.39 is 5.69 Å². The maximum absolute atomic E-state index is 13.9. The van der Waals surface area contributed by atoms with Gasteiger partial charge in [-0.25, -0.2) is 14.3 Å². The van der Waals surface area contributed by atoms with Gasteiger partial charge in [0.05, 0.1) is 16.7 Å². The fourth-order valence-electron chi connectivity index (χ4n) is 7.32. The third kappa shape index (κ3) is 4.69. The largest absolute Gasteiger partial charge is 0.456 e. The number of nitrogens with zero attached hydrogens (tertiary/aromatic N) is 4. The summed E-state index contributed by atoms with van der Waals surface area (Å²) in [5.41, 5.74) is 8.92. The quantitative estimate of drug-likeness (QED) is 0.185. The highest BCUT2D eigenvalue weighted by molar-refractivity contribution is 6.14. The van der Waals surface area contributed by atoms with E-state index in [0.717, 1.165) is 49.8 Å². The van der Waals surface area contributed by atoms with Crippen LogP contribution in [0.15, 0.2) is 179 Å². The Labute approximate surface area is 292 Å². The standard InChI is InChI=1S/C45H28N4O2/c50-45-47-43(46-44(29-13-4-1-5-14-29)49(45)33-17-8-3-9-18-33)35-20-12-22-41-42(35)37-28-31(24-26-40(37)51-41)30-23-25-39-36(27-30)34-19-10-11-21-38(34)48(39)32-15-6-2-7-16-32/h1-28H. The maximum Gasteiger partial charge on any atom is 0.355 e. The van der Waals surface area contributed by atoms with Gasteiger partial charge in [-0.2, -0.15) is 4.98 Å². The van der Waals surface area contributed by atoms with Crippen molar-refractivity contribution in [3.05, 3.63) is 180 Å². The predicted octanol–water partition coefficient (Wildman–Crippen LogP) is 10.6. The first kappa shape index (κ1) is 28.9. The van der Waals surface area contributed by atoms with Gasteiger partial charge in [-0.3, -0.25) is 0 Å². The van der Waals surface area contributed by atoms with Crippen molar-refractivity contribution in [2.24, 2.45) is 0 Å². The van der Waals surface area contributed by atoms with Gasteiger partial charge >= 0.3 is 5.69 Å². The molecule has 0 aliphatic carbocycles. The SMILES string of the molecule is O=c1nc(-c2cccc3oc4ccc(-c5ccc6c(c5)c5ccccc5n6-c5ccccc5)cc4c23)nc(-c2ccccc2)n1-c1ccccc1. The average molecular weight is 657 g/mol. The highest BCUT2D eigenvalue weighted by Gasteiger charge is 2.20. The van der Waals surface area contributed by atoms with E-state index in [1.54, 1.807) is 4.57 Å². The second-order valence-corrected chi connectivity index (χ2v) is 12.6. The number of hydrogen-bond donors (Lipinski definition) is 0. The molecule has 10 rings (SSSR count). The first-order valence-corrected chi connectivity index (χ1v) is 16.9. The maximum atomic E-state index is 13.9. The minimum absolute atomic E-state index is 0.347. The zero-order chi connectivity index (χ0) is 33.9. The van der Waals surface area contributed by atoms with E-state index in [1.807, 2.05) is 91.0 Å². The van der Waals surface area contributed by atoms with Crippen LogP contribution in [-0.4, -0.2) is 19.1 Å². The number of rotatable bonds is 5. The number of fused-ring (bicyclic) bond motifs is 6. The molecular weight excluding hydrogens is 629 g/mol. The van der Waals surface area contributed by atoms with Crippen molar-refractivity contribution < 1.29 is 4.42 Å². The molecule has 3 heterocycles. The molecule has 0 amide bonds. The Morgan fingerprint density at radius 1 is 0.451 bits per heavy atom. The molecule has 0 fully saturated rings. The zero-order valence-corrected chi connectivity index (χ0v) is 27.3. The van der Waals surface area contributed by atoms with E-state index in [2.05, 4.69) is 88.4 Å². The van der Waals surface area contributed by atoms with E-state index in [1.165, 1.54) is 16.3 Å². The molecule has 240 valence electrons. The van der Waals surface area contributed by atoms with E-state index in [0.29, 0.717) is 22.9 Å². The van der Waals surface area contributed by atoms with Crippen LogP contribution in [-0.2, 0) is 0 Å². The summed E-state index contributed by atoms with van der Waals surface area (Å²) in [6.45, 7) is 0. The molecule has 3 aromatic heterocycles. The van der Waals surface area contributed by atoms with Gasteiger partial charge in [0.25, 0.3) is 0 Å². The molecule has 0 spiro atoms. The van der Waals surface area contributed by atoms with E-state index in [9.17, 15) is 4.79 Å². The first-order valence-electron chi connectivity index (χ1n) is 16.9. The highest BCUT2D eigenvalue weighted by atomic mass is 16.3. The molecular formula is C45H28N4O2. The first-order chi connectivity index (χ1) is 25.2. The van der Waals surface area contributed by atoms with Gasteiger partial charge in [-0.15, -0.1) is 0 Å². The molecule has 0 atom stereocenters. The van der Waals surface area contributed by atoms with E-state index in [4.69, 9.17) is 9.40 Å². The van der Waals surface area contributed by atoms with Gasteiger partial charge in [-0.05, 0) is 71.8 Å². The minimum Gasteiger partial charge on any atom is -0.456 e. The van der Waals surface area contributed by atoms with Gasteiger partial charge in [-0.1, -0.05) is 109 Å². The van der Waals surface area contributed by atoms with Crippen LogP contribution in [0.25, 0.3) is 89.0 Å². The average Bonchev–Trinajstić information content (AvgIpc) is 3.74. The second-order valence-electron chi connectivity index (χ2n) is 12.6. The zero-order valence-electron chi connectivity index (χ0n) is 27.3. The monoisotopic (exact) mass is 656 g/mol. The Kier molecular flexibility index (Phi) is 6.54. The highest BCUT2D eigenvalue weighted by Crippen LogP contribution is 2.39. The van der Waals surface area contributed by atoms with Crippen molar-refractivity contribution in [2.45, 2.75) is 0 Å². The van der Waals surface area contributed by atoms with Crippen LogP contribution in [0.3, 0.4) is 0 Å². The van der Waals surface area contributed by atoms with Gasteiger partial charge in [0.2, 0.25) is 0 Å². The van der Waals surface area contributed by atoms with Gasteiger partial charge in [0, 0.05) is 38.4 Å². The van der Waals surface area contributed by atoms with Crippen LogP contribution < -0.4 is 5.69 Å². The molecule has 0 radical (unpaired) electrons. The number of para-hydroxylation sites is 3. The lowest BCUT2D eigenvalue weighted by Crippen LogP contribution is -2.25. The van der Waals surface area contributed by atoms with Crippen LogP contribution >= 0.6 is 0 Å². The Morgan fingerprint density at radius 3 is 1.84 bits per heavy atom. The summed E-state index contributed by atoms with van der Waals surface area (Å²) >= 11 is 0. The molecule has 51 heavy (non-hydrogen) atoms. The van der Waals surface area contributed by atoms with Crippen molar-refractivity contribution in [3.63, 3.8) is 0 Å². The molecule has 10 aromatic rings. The van der Waals surface area contributed by atoms with Crippen LogP contribution in [0.5, 0.6) is 0 Å². The van der Waals surface area contributed by atoms with E-state index >= 15 is 0 Å². The minimum atomic E-state index is -0.404. The van der Waals surface area contributed by atoms with Gasteiger partial charge < -0.3 is 8.98 Å². The molecule has 0 N–H and O–H groups in total. The molecule has 0 aliphatic rings.